The number of nitrogens with one attached hydrogen (secondary N) is 1. The van der Waals surface area contributed by atoms with Crippen LogP contribution in [0.3, 0.4) is 0 Å². The highest BCUT2D eigenvalue weighted by atomic mass is 35.5. The first-order chi connectivity index (χ1) is 8.84. The molecule has 0 aliphatic rings. The maximum absolute atomic E-state index is 12.0. The van der Waals surface area contributed by atoms with Crippen molar-refractivity contribution in [2.45, 2.75) is 38.8 Å². The maximum atomic E-state index is 12.0. The van der Waals surface area contributed by atoms with Gasteiger partial charge < -0.3 is 15.2 Å². The molecule has 1 amide bonds. The van der Waals surface area contributed by atoms with Crippen molar-refractivity contribution in [2.75, 3.05) is 6.61 Å². The summed E-state index contributed by atoms with van der Waals surface area (Å²) in [5, 5.41) is 12.3. The van der Waals surface area contributed by atoms with Gasteiger partial charge in [0.25, 0.3) is 5.91 Å². The largest absolute Gasteiger partial charge is 0.481 e. The molecule has 1 rings (SSSR count). The molecule has 0 spiro atoms. The molecular weight excluding hydrogens is 266 g/mol. The predicted molar refractivity (Wildman–Crippen MR) is 75.5 cm³/mol. The molecular formula is C14H20ClNO3. The van der Waals surface area contributed by atoms with Gasteiger partial charge in [-0.2, -0.15) is 0 Å². The first kappa shape index (κ1) is 15.8. The van der Waals surface area contributed by atoms with Crippen molar-refractivity contribution in [1.82, 2.24) is 5.32 Å². The van der Waals surface area contributed by atoms with Crippen LogP contribution in [0.15, 0.2) is 24.3 Å². The van der Waals surface area contributed by atoms with Crippen molar-refractivity contribution in [3.8, 4) is 5.75 Å². The second-order valence-corrected chi connectivity index (χ2v) is 5.50. The fourth-order valence-corrected chi connectivity index (χ4v) is 1.76. The van der Waals surface area contributed by atoms with Crippen LogP contribution in [0.25, 0.3) is 0 Å². The number of aliphatic hydroxyl groups is 1. The molecule has 0 saturated heterocycles. The highest BCUT2D eigenvalue weighted by Gasteiger charge is 2.24. The van der Waals surface area contributed by atoms with Gasteiger partial charge in [-0.15, -0.1) is 0 Å². The Morgan fingerprint density at radius 3 is 2.79 bits per heavy atom. The SMILES string of the molecule is CC(Oc1cccc(Cl)c1)C(=O)NC(C)(C)CCO. The molecule has 0 aliphatic heterocycles. The molecule has 106 valence electrons. The van der Waals surface area contributed by atoms with Gasteiger partial charge in [-0.05, 0) is 45.4 Å². The van der Waals surface area contributed by atoms with Crippen LogP contribution in [0, 0.1) is 0 Å². The Hall–Kier alpha value is -1.26. The van der Waals surface area contributed by atoms with Crippen molar-refractivity contribution in [3.63, 3.8) is 0 Å². The Labute approximate surface area is 118 Å². The fraction of sp³-hybridized carbons (Fsp3) is 0.500. The van der Waals surface area contributed by atoms with Crippen LogP contribution < -0.4 is 10.1 Å². The molecule has 0 bridgehead atoms. The molecule has 2 N–H and O–H groups in total. The predicted octanol–water partition coefficient (Wildman–Crippen LogP) is 2.38. The molecule has 19 heavy (non-hydrogen) atoms. The number of amides is 1. The molecule has 0 saturated carbocycles. The Morgan fingerprint density at radius 1 is 1.53 bits per heavy atom. The summed E-state index contributed by atoms with van der Waals surface area (Å²) in [5.41, 5.74) is -0.461. The summed E-state index contributed by atoms with van der Waals surface area (Å²) in [7, 11) is 0. The Kier molecular flexibility index (Phi) is 5.63. The second-order valence-electron chi connectivity index (χ2n) is 5.06. The molecule has 4 nitrogen and oxygen atoms in total. The lowest BCUT2D eigenvalue weighted by molar-refractivity contribution is -0.129. The van der Waals surface area contributed by atoms with Crippen LogP contribution in [-0.4, -0.2) is 29.3 Å². The number of aliphatic hydroxyl groups excluding tert-OH is 1. The van der Waals surface area contributed by atoms with Gasteiger partial charge in [-0.3, -0.25) is 4.79 Å². The van der Waals surface area contributed by atoms with Crippen LogP contribution in [0.5, 0.6) is 5.75 Å². The molecule has 1 unspecified atom stereocenters. The van der Waals surface area contributed by atoms with E-state index in [-0.39, 0.29) is 12.5 Å². The first-order valence-electron chi connectivity index (χ1n) is 6.19. The molecule has 0 fully saturated rings. The number of ether oxygens (including phenoxy) is 1. The van der Waals surface area contributed by atoms with Crippen molar-refractivity contribution in [2.24, 2.45) is 0 Å². The number of carbonyl (C=O) groups excluding carboxylic acids is 1. The van der Waals surface area contributed by atoms with E-state index in [1.54, 1.807) is 31.2 Å². The van der Waals surface area contributed by atoms with Gasteiger partial charge in [0.1, 0.15) is 5.75 Å². The van der Waals surface area contributed by atoms with Crippen LogP contribution in [0.2, 0.25) is 5.02 Å². The van der Waals surface area contributed by atoms with Crippen molar-refractivity contribution >= 4 is 17.5 Å². The van der Waals surface area contributed by atoms with Crippen molar-refractivity contribution in [1.29, 1.82) is 0 Å². The first-order valence-corrected chi connectivity index (χ1v) is 6.57. The summed E-state index contributed by atoms with van der Waals surface area (Å²) in [6.07, 6.45) is -0.140. The Bertz CT molecular complexity index is 434. The van der Waals surface area contributed by atoms with E-state index in [1.165, 1.54) is 0 Å². The highest BCUT2D eigenvalue weighted by molar-refractivity contribution is 6.30. The van der Waals surface area contributed by atoms with E-state index in [0.29, 0.717) is 17.2 Å². The third-order valence-corrected chi connectivity index (χ3v) is 2.91. The average molecular weight is 286 g/mol. The van der Waals surface area contributed by atoms with Gasteiger partial charge in [-0.1, -0.05) is 17.7 Å². The fourth-order valence-electron chi connectivity index (χ4n) is 1.58. The third kappa shape index (κ3) is 5.49. The number of halogens is 1. The normalized spacial score (nSPS) is 12.9. The minimum Gasteiger partial charge on any atom is -0.481 e. The second kappa shape index (κ2) is 6.78. The number of rotatable bonds is 6. The third-order valence-electron chi connectivity index (χ3n) is 2.68. The standard InChI is InChI=1S/C14H20ClNO3/c1-10(13(18)16-14(2,3)7-8-17)19-12-6-4-5-11(15)9-12/h4-6,9-10,17H,7-8H2,1-3H3,(H,16,18). The summed E-state index contributed by atoms with van der Waals surface area (Å²) in [5.74, 6) is 0.327. The smallest absolute Gasteiger partial charge is 0.261 e. The molecule has 5 heteroatoms. The van der Waals surface area contributed by atoms with Gasteiger partial charge in [0.2, 0.25) is 0 Å². The summed E-state index contributed by atoms with van der Waals surface area (Å²) >= 11 is 5.85. The van der Waals surface area contributed by atoms with Crippen molar-refractivity contribution in [3.05, 3.63) is 29.3 Å². The van der Waals surface area contributed by atoms with E-state index in [2.05, 4.69) is 5.32 Å². The van der Waals surface area contributed by atoms with Gasteiger partial charge in [-0.25, -0.2) is 0 Å². The lowest BCUT2D eigenvalue weighted by Gasteiger charge is -2.27. The molecule has 1 atom stereocenters. The Balaban J connectivity index is 2.58. The molecule has 1 aromatic carbocycles. The monoisotopic (exact) mass is 285 g/mol. The number of hydrogen-bond donors (Lipinski definition) is 2. The molecule has 0 aliphatic carbocycles. The summed E-state index contributed by atoms with van der Waals surface area (Å²) in [6, 6.07) is 6.90. The zero-order chi connectivity index (χ0) is 14.5. The highest BCUT2D eigenvalue weighted by Crippen LogP contribution is 2.18. The molecule has 1 aromatic rings. The summed E-state index contributed by atoms with van der Waals surface area (Å²) in [4.78, 5) is 12.0. The zero-order valence-corrected chi connectivity index (χ0v) is 12.2. The molecule has 0 heterocycles. The van der Waals surface area contributed by atoms with Crippen LogP contribution in [0.1, 0.15) is 27.2 Å². The topological polar surface area (TPSA) is 58.6 Å². The maximum Gasteiger partial charge on any atom is 0.261 e. The van der Waals surface area contributed by atoms with E-state index >= 15 is 0 Å². The van der Waals surface area contributed by atoms with E-state index in [9.17, 15) is 4.79 Å². The van der Waals surface area contributed by atoms with Crippen LogP contribution >= 0.6 is 11.6 Å². The average Bonchev–Trinajstić information content (AvgIpc) is 2.27. The van der Waals surface area contributed by atoms with E-state index in [4.69, 9.17) is 21.4 Å². The Morgan fingerprint density at radius 2 is 2.21 bits per heavy atom. The van der Waals surface area contributed by atoms with E-state index in [0.717, 1.165) is 0 Å². The minimum atomic E-state index is -0.628. The van der Waals surface area contributed by atoms with E-state index in [1.807, 2.05) is 13.8 Å². The summed E-state index contributed by atoms with van der Waals surface area (Å²) in [6.45, 7) is 5.41. The van der Waals surface area contributed by atoms with Crippen molar-refractivity contribution < 1.29 is 14.6 Å². The molecule has 0 aromatic heterocycles. The van der Waals surface area contributed by atoms with Gasteiger partial charge in [0.05, 0.1) is 0 Å². The summed E-state index contributed by atoms with van der Waals surface area (Å²) < 4.78 is 5.52. The number of carbonyl (C=O) groups is 1. The minimum absolute atomic E-state index is 0.0246. The zero-order valence-electron chi connectivity index (χ0n) is 11.4. The van der Waals surface area contributed by atoms with Crippen LogP contribution in [-0.2, 0) is 4.79 Å². The quantitative estimate of drug-likeness (QED) is 0.844. The number of benzene rings is 1. The lowest BCUT2D eigenvalue weighted by atomic mass is 10.0. The van der Waals surface area contributed by atoms with Gasteiger partial charge in [0, 0.05) is 17.2 Å². The van der Waals surface area contributed by atoms with Gasteiger partial charge >= 0.3 is 0 Å². The molecule has 0 radical (unpaired) electrons. The van der Waals surface area contributed by atoms with Gasteiger partial charge in [0.15, 0.2) is 6.10 Å². The van der Waals surface area contributed by atoms with Crippen LogP contribution in [0.4, 0.5) is 0 Å². The van der Waals surface area contributed by atoms with E-state index < -0.39 is 11.6 Å². The lowest BCUT2D eigenvalue weighted by Crippen LogP contribution is -2.49. The number of hydrogen-bond acceptors (Lipinski definition) is 3.